The van der Waals surface area contributed by atoms with Gasteiger partial charge in [0.05, 0.1) is 0 Å². The zero-order valence-electron chi connectivity index (χ0n) is 6.70. The van der Waals surface area contributed by atoms with Gasteiger partial charge in [0.15, 0.2) is 0 Å². The molecular weight excluding hydrogens is 132 g/mol. The summed E-state index contributed by atoms with van der Waals surface area (Å²) in [5.74, 6) is 1.41. The number of hydrogen-bond donors (Lipinski definition) is 0. The van der Waals surface area contributed by atoms with E-state index in [0.717, 1.165) is 5.92 Å². The summed E-state index contributed by atoms with van der Waals surface area (Å²) in [6.45, 7) is 2.26. The van der Waals surface area contributed by atoms with E-state index in [4.69, 9.17) is 0 Å². The summed E-state index contributed by atoms with van der Waals surface area (Å²) in [4.78, 5) is 0. The van der Waals surface area contributed by atoms with Crippen molar-refractivity contribution in [3.63, 3.8) is 0 Å². The quantitative estimate of drug-likeness (QED) is 0.531. The minimum Gasteiger partial charge on any atom is -0.0841 e. The van der Waals surface area contributed by atoms with E-state index in [9.17, 15) is 0 Å². The molecule has 56 valence electrons. The second-order valence-electron chi connectivity index (χ2n) is 3.18. The van der Waals surface area contributed by atoms with Crippen LogP contribution in [-0.4, -0.2) is 0 Å². The van der Waals surface area contributed by atoms with Gasteiger partial charge in [-0.3, -0.25) is 0 Å². The van der Waals surface area contributed by atoms with Crippen molar-refractivity contribution in [3.05, 3.63) is 48.0 Å². The molecule has 1 aromatic carbocycles. The first-order chi connectivity index (χ1) is 5.38. The lowest BCUT2D eigenvalue weighted by Gasteiger charge is -2.26. The van der Waals surface area contributed by atoms with Crippen LogP contribution in [-0.2, 0) is 0 Å². The molecule has 2 unspecified atom stereocenters. The first-order valence-corrected chi connectivity index (χ1v) is 4.11. The molecular formula is C11H12. The minimum absolute atomic E-state index is 0.677. The van der Waals surface area contributed by atoms with Crippen LogP contribution < -0.4 is 0 Å². The molecule has 1 aromatic rings. The van der Waals surface area contributed by atoms with Gasteiger partial charge in [0, 0.05) is 5.92 Å². The predicted octanol–water partition coefficient (Wildman–Crippen LogP) is 2.98. The van der Waals surface area contributed by atoms with Crippen molar-refractivity contribution < 1.29 is 0 Å². The zero-order chi connectivity index (χ0) is 7.68. The van der Waals surface area contributed by atoms with Gasteiger partial charge in [-0.2, -0.15) is 0 Å². The Morgan fingerprint density at radius 2 is 1.73 bits per heavy atom. The van der Waals surface area contributed by atoms with Crippen LogP contribution in [0.3, 0.4) is 0 Å². The molecule has 0 aliphatic heterocycles. The van der Waals surface area contributed by atoms with Crippen molar-refractivity contribution in [3.8, 4) is 0 Å². The summed E-state index contributed by atoms with van der Waals surface area (Å²) in [5.41, 5.74) is 1.45. The summed E-state index contributed by atoms with van der Waals surface area (Å²) in [6, 6.07) is 10.7. The fourth-order valence-electron chi connectivity index (χ4n) is 1.53. The van der Waals surface area contributed by atoms with Crippen molar-refractivity contribution in [1.29, 1.82) is 0 Å². The number of rotatable bonds is 1. The zero-order valence-corrected chi connectivity index (χ0v) is 6.70. The van der Waals surface area contributed by atoms with Gasteiger partial charge in [-0.1, -0.05) is 49.4 Å². The molecule has 0 bridgehead atoms. The third-order valence-corrected chi connectivity index (χ3v) is 2.37. The van der Waals surface area contributed by atoms with Crippen LogP contribution in [0.25, 0.3) is 0 Å². The maximum atomic E-state index is 2.28. The Balaban J connectivity index is 2.25. The fraction of sp³-hybridized carbons (Fsp3) is 0.273. The van der Waals surface area contributed by atoms with Crippen molar-refractivity contribution in [1.82, 2.24) is 0 Å². The normalized spacial score (nSPS) is 28.1. The molecule has 0 nitrogen and oxygen atoms in total. The molecule has 2 atom stereocenters. The van der Waals surface area contributed by atoms with Crippen molar-refractivity contribution >= 4 is 0 Å². The first kappa shape index (κ1) is 6.66. The Kier molecular flexibility index (Phi) is 1.54. The summed E-state index contributed by atoms with van der Waals surface area (Å²) in [7, 11) is 0. The predicted molar refractivity (Wildman–Crippen MR) is 47.5 cm³/mol. The second-order valence-corrected chi connectivity index (χ2v) is 3.18. The molecule has 0 amide bonds. The Bertz CT molecular complexity index is 259. The van der Waals surface area contributed by atoms with Gasteiger partial charge in [0.1, 0.15) is 0 Å². The van der Waals surface area contributed by atoms with Crippen LogP contribution in [0.1, 0.15) is 18.4 Å². The van der Waals surface area contributed by atoms with Crippen LogP contribution in [0.15, 0.2) is 42.5 Å². The smallest absolute Gasteiger partial charge is 0.00782 e. The van der Waals surface area contributed by atoms with Crippen molar-refractivity contribution in [2.75, 3.05) is 0 Å². The standard InChI is InChI=1S/C11H12/c1-9-7-8-11(9)10-5-3-2-4-6-10/h2-9,11H,1H3. The fourth-order valence-corrected chi connectivity index (χ4v) is 1.53. The van der Waals surface area contributed by atoms with Gasteiger partial charge in [-0.05, 0) is 11.5 Å². The van der Waals surface area contributed by atoms with Crippen LogP contribution in [0, 0.1) is 5.92 Å². The third kappa shape index (κ3) is 1.09. The van der Waals surface area contributed by atoms with Crippen molar-refractivity contribution in [2.45, 2.75) is 12.8 Å². The van der Waals surface area contributed by atoms with E-state index < -0.39 is 0 Å². The van der Waals surface area contributed by atoms with E-state index in [2.05, 4.69) is 49.4 Å². The van der Waals surface area contributed by atoms with E-state index >= 15 is 0 Å². The molecule has 0 radical (unpaired) electrons. The molecule has 0 saturated heterocycles. The maximum Gasteiger partial charge on any atom is 0.00782 e. The summed E-state index contributed by atoms with van der Waals surface area (Å²) in [5, 5.41) is 0. The van der Waals surface area contributed by atoms with Crippen LogP contribution in [0.4, 0.5) is 0 Å². The highest BCUT2D eigenvalue weighted by atomic mass is 14.2. The first-order valence-electron chi connectivity index (χ1n) is 4.11. The Morgan fingerprint density at radius 3 is 2.18 bits per heavy atom. The van der Waals surface area contributed by atoms with Crippen LogP contribution in [0.5, 0.6) is 0 Å². The highest BCUT2D eigenvalue weighted by molar-refractivity contribution is 5.30. The van der Waals surface area contributed by atoms with E-state index in [1.807, 2.05) is 0 Å². The topological polar surface area (TPSA) is 0 Å². The number of hydrogen-bond acceptors (Lipinski definition) is 0. The maximum absolute atomic E-state index is 2.28. The molecule has 0 saturated carbocycles. The monoisotopic (exact) mass is 144 g/mol. The number of allylic oxidation sites excluding steroid dienone is 2. The minimum atomic E-state index is 0.677. The molecule has 11 heavy (non-hydrogen) atoms. The van der Waals surface area contributed by atoms with Gasteiger partial charge in [-0.25, -0.2) is 0 Å². The molecule has 0 heterocycles. The second kappa shape index (κ2) is 2.54. The molecule has 1 aliphatic rings. The third-order valence-electron chi connectivity index (χ3n) is 2.37. The summed E-state index contributed by atoms with van der Waals surface area (Å²) in [6.07, 6.45) is 4.54. The van der Waals surface area contributed by atoms with E-state index in [1.165, 1.54) is 5.56 Å². The molecule has 0 spiro atoms. The van der Waals surface area contributed by atoms with E-state index in [0.29, 0.717) is 5.92 Å². The molecule has 2 rings (SSSR count). The van der Waals surface area contributed by atoms with Gasteiger partial charge >= 0.3 is 0 Å². The average Bonchev–Trinajstić information content (AvgIpc) is 2.04. The number of benzene rings is 1. The summed E-state index contributed by atoms with van der Waals surface area (Å²) >= 11 is 0. The van der Waals surface area contributed by atoms with Gasteiger partial charge < -0.3 is 0 Å². The largest absolute Gasteiger partial charge is 0.0841 e. The Hall–Kier alpha value is -1.04. The Morgan fingerprint density at radius 1 is 1.00 bits per heavy atom. The highest BCUT2D eigenvalue weighted by Crippen LogP contribution is 2.34. The van der Waals surface area contributed by atoms with E-state index in [1.54, 1.807) is 0 Å². The lowest BCUT2D eigenvalue weighted by atomic mass is 9.79. The van der Waals surface area contributed by atoms with Gasteiger partial charge in [-0.15, -0.1) is 0 Å². The van der Waals surface area contributed by atoms with Crippen LogP contribution >= 0.6 is 0 Å². The lowest BCUT2D eigenvalue weighted by molar-refractivity contribution is 0.583. The Labute approximate surface area is 67.6 Å². The van der Waals surface area contributed by atoms with Gasteiger partial charge in [0.2, 0.25) is 0 Å². The molecule has 0 N–H and O–H groups in total. The SMILES string of the molecule is CC1C=CC1c1ccccc1. The molecule has 0 heteroatoms. The van der Waals surface area contributed by atoms with Gasteiger partial charge in [0.25, 0.3) is 0 Å². The molecule has 1 aliphatic carbocycles. The van der Waals surface area contributed by atoms with E-state index in [-0.39, 0.29) is 0 Å². The van der Waals surface area contributed by atoms with Crippen molar-refractivity contribution in [2.24, 2.45) is 5.92 Å². The summed E-state index contributed by atoms with van der Waals surface area (Å²) < 4.78 is 0. The average molecular weight is 144 g/mol. The molecule has 0 fully saturated rings. The lowest BCUT2D eigenvalue weighted by Crippen LogP contribution is -2.12. The molecule has 0 aromatic heterocycles. The van der Waals surface area contributed by atoms with Crippen LogP contribution in [0.2, 0.25) is 0 Å². The highest BCUT2D eigenvalue weighted by Gasteiger charge is 2.20.